The van der Waals surface area contributed by atoms with Gasteiger partial charge < -0.3 is 14.7 Å². The Labute approximate surface area is 65.8 Å². The van der Waals surface area contributed by atoms with E-state index in [-0.39, 0.29) is 0 Å². The second-order valence-electron chi connectivity index (χ2n) is 3.32. The van der Waals surface area contributed by atoms with Gasteiger partial charge in [0.05, 0.1) is 13.2 Å². The Hall–Kier alpha value is -0.610. The molecule has 1 aliphatic rings. The molecule has 4 heteroatoms. The zero-order valence-corrected chi connectivity index (χ0v) is 6.83. The van der Waals surface area contributed by atoms with Crippen LogP contribution in [0.2, 0.25) is 0 Å². The fourth-order valence-corrected chi connectivity index (χ4v) is 1.24. The van der Waals surface area contributed by atoms with Crippen molar-refractivity contribution in [3.63, 3.8) is 0 Å². The van der Waals surface area contributed by atoms with Gasteiger partial charge in [0.1, 0.15) is 5.41 Å². The lowest BCUT2D eigenvalue weighted by atomic mass is 9.86. The summed E-state index contributed by atoms with van der Waals surface area (Å²) in [7, 11) is 3.73. The van der Waals surface area contributed by atoms with Crippen molar-refractivity contribution in [2.75, 3.05) is 33.9 Å². The van der Waals surface area contributed by atoms with Gasteiger partial charge in [-0.05, 0) is 14.1 Å². The van der Waals surface area contributed by atoms with E-state index in [4.69, 9.17) is 9.84 Å². The van der Waals surface area contributed by atoms with Crippen LogP contribution in [-0.2, 0) is 9.53 Å². The molecule has 0 unspecified atom stereocenters. The molecule has 0 aliphatic carbocycles. The van der Waals surface area contributed by atoms with E-state index in [9.17, 15) is 4.79 Å². The van der Waals surface area contributed by atoms with E-state index in [2.05, 4.69) is 0 Å². The molecule has 0 saturated carbocycles. The predicted octanol–water partition coefficient (Wildman–Crippen LogP) is -0.351. The van der Waals surface area contributed by atoms with Gasteiger partial charge in [-0.2, -0.15) is 0 Å². The van der Waals surface area contributed by atoms with Crippen molar-refractivity contribution in [3.05, 3.63) is 0 Å². The number of rotatable bonds is 3. The monoisotopic (exact) mass is 159 g/mol. The van der Waals surface area contributed by atoms with Crippen molar-refractivity contribution >= 4 is 5.97 Å². The van der Waals surface area contributed by atoms with Crippen LogP contribution in [0.1, 0.15) is 0 Å². The van der Waals surface area contributed by atoms with E-state index in [0.29, 0.717) is 19.8 Å². The number of hydrogen-bond donors (Lipinski definition) is 1. The highest BCUT2D eigenvalue weighted by Gasteiger charge is 2.46. The normalized spacial score (nSPS) is 21.4. The zero-order valence-electron chi connectivity index (χ0n) is 6.83. The maximum Gasteiger partial charge on any atom is 0.315 e. The molecule has 0 spiro atoms. The molecule has 0 amide bonds. The maximum atomic E-state index is 10.7. The molecule has 1 N–H and O–H groups in total. The molecule has 0 aromatic rings. The topological polar surface area (TPSA) is 49.8 Å². The number of carbonyl (C=O) groups is 1. The SMILES string of the molecule is CN(C)CC1(C(=O)O)COC1. The Morgan fingerprint density at radius 1 is 1.64 bits per heavy atom. The number of carboxylic acid groups (broad SMARTS) is 1. The van der Waals surface area contributed by atoms with Gasteiger partial charge in [-0.3, -0.25) is 4.79 Å². The summed E-state index contributed by atoms with van der Waals surface area (Å²) >= 11 is 0. The average molecular weight is 159 g/mol. The molecule has 1 heterocycles. The quantitative estimate of drug-likeness (QED) is 0.611. The number of hydrogen-bond acceptors (Lipinski definition) is 3. The van der Waals surface area contributed by atoms with Gasteiger partial charge in [0.25, 0.3) is 0 Å². The highest BCUT2D eigenvalue weighted by Crippen LogP contribution is 2.28. The van der Waals surface area contributed by atoms with E-state index in [0.717, 1.165) is 0 Å². The lowest BCUT2D eigenvalue weighted by Gasteiger charge is -2.39. The molecule has 1 rings (SSSR count). The standard InChI is InChI=1S/C7H13NO3/c1-8(2)3-7(6(9)10)4-11-5-7/h3-5H2,1-2H3,(H,9,10). The Morgan fingerprint density at radius 2 is 2.18 bits per heavy atom. The minimum Gasteiger partial charge on any atom is -0.481 e. The highest BCUT2D eigenvalue weighted by atomic mass is 16.5. The first-order chi connectivity index (χ1) is 5.07. The summed E-state index contributed by atoms with van der Waals surface area (Å²) in [5.74, 6) is -0.752. The van der Waals surface area contributed by atoms with Crippen molar-refractivity contribution in [2.24, 2.45) is 5.41 Å². The molecule has 64 valence electrons. The third kappa shape index (κ3) is 1.52. The van der Waals surface area contributed by atoms with Crippen molar-refractivity contribution < 1.29 is 14.6 Å². The highest BCUT2D eigenvalue weighted by molar-refractivity contribution is 5.76. The smallest absolute Gasteiger partial charge is 0.315 e. The van der Waals surface area contributed by atoms with E-state index in [1.54, 1.807) is 0 Å². The first-order valence-corrected chi connectivity index (χ1v) is 3.53. The first kappa shape index (κ1) is 8.49. The first-order valence-electron chi connectivity index (χ1n) is 3.53. The van der Waals surface area contributed by atoms with Crippen LogP contribution in [0.3, 0.4) is 0 Å². The molecular weight excluding hydrogens is 146 g/mol. The van der Waals surface area contributed by atoms with E-state index in [1.165, 1.54) is 0 Å². The summed E-state index contributed by atoms with van der Waals surface area (Å²) in [4.78, 5) is 12.6. The van der Waals surface area contributed by atoms with Gasteiger partial charge in [0, 0.05) is 6.54 Å². The fourth-order valence-electron chi connectivity index (χ4n) is 1.24. The summed E-state index contributed by atoms with van der Waals surface area (Å²) in [5, 5.41) is 8.83. The van der Waals surface area contributed by atoms with Crippen LogP contribution < -0.4 is 0 Å². The molecule has 11 heavy (non-hydrogen) atoms. The number of carboxylic acids is 1. The number of nitrogens with zero attached hydrogens (tertiary/aromatic N) is 1. The molecule has 0 radical (unpaired) electrons. The maximum absolute atomic E-state index is 10.7. The summed E-state index contributed by atoms with van der Waals surface area (Å²) < 4.78 is 4.89. The average Bonchev–Trinajstić information content (AvgIpc) is 1.77. The lowest BCUT2D eigenvalue weighted by molar-refractivity contribution is -0.182. The van der Waals surface area contributed by atoms with Crippen LogP contribution in [0.15, 0.2) is 0 Å². The lowest BCUT2D eigenvalue weighted by Crippen LogP contribution is -2.54. The van der Waals surface area contributed by atoms with Crippen LogP contribution in [-0.4, -0.2) is 49.8 Å². The second kappa shape index (κ2) is 2.79. The minimum atomic E-state index is -0.752. The Balaban J connectivity index is 2.54. The van der Waals surface area contributed by atoms with Gasteiger partial charge >= 0.3 is 5.97 Å². The van der Waals surface area contributed by atoms with Crippen LogP contribution >= 0.6 is 0 Å². The Kier molecular flexibility index (Phi) is 2.15. The van der Waals surface area contributed by atoms with Crippen LogP contribution in [0, 0.1) is 5.41 Å². The summed E-state index contributed by atoms with van der Waals surface area (Å²) in [6.45, 7) is 1.25. The third-order valence-corrected chi connectivity index (χ3v) is 1.83. The number of aliphatic carboxylic acids is 1. The number of ether oxygens (including phenoxy) is 1. The molecule has 0 aromatic carbocycles. The van der Waals surface area contributed by atoms with Crippen molar-refractivity contribution in [2.45, 2.75) is 0 Å². The summed E-state index contributed by atoms with van der Waals surface area (Å²) in [6, 6.07) is 0. The molecule has 1 saturated heterocycles. The predicted molar refractivity (Wildman–Crippen MR) is 39.4 cm³/mol. The molecule has 1 fully saturated rings. The molecule has 0 atom stereocenters. The Morgan fingerprint density at radius 3 is 2.27 bits per heavy atom. The van der Waals surface area contributed by atoms with Crippen molar-refractivity contribution in [1.29, 1.82) is 0 Å². The minimum absolute atomic E-state index is 0.348. The van der Waals surface area contributed by atoms with Crippen molar-refractivity contribution in [3.8, 4) is 0 Å². The largest absolute Gasteiger partial charge is 0.481 e. The molecule has 0 bridgehead atoms. The Bertz CT molecular complexity index is 163. The van der Waals surface area contributed by atoms with E-state index < -0.39 is 11.4 Å². The van der Waals surface area contributed by atoms with Crippen molar-refractivity contribution in [1.82, 2.24) is 4.90 Å². The van der Waals surface area contributed by atoms with Gasteiger partial charge in [0.15, 0.2) is 0 Å². The van der Waals surface area contributed by atoms with Gasteiger partial charge in [0.2, 0.25) is 0 Å². The molecular formula is C7H13NO3. The second-order valence-corrected chi connectivity index (χ2v) is 3.32. The van der Waals surface area contributed by atoms with Gasteiger partial charge in [-0.1, -0.05) is 0 Å². The van der Waals surface area contributed by atoms with Gasteiger partial charge in [-0.15, -0.1) is 0 Å². The fraction of sp³-hybridized carbons (Fsp3) is 0.857. The third-order valence-electron chi connectivity index (χ3n) is 1.83. The van der Waals surface area contributed by atoms with Crippen LogP contribution in [0.4, 0.5) is 0 Å². The van der Waals surface area contributed by atoms with Gasteiger partial charge in [-0.25, -0.2) is 0 Å². The van der Waals surface area contributed by atoms with E-state index >= 15 is 0 Å². The summed E-state index contributed by atoms with van der Waals surface area (Å²) in [5.41, 5.74) is -0.635. The zero-order chi connectivity index (χ0) is 8.48. The summed E-state index contributed by atoms with van der Waals surface area (Å²) in [6.07, 6.45) is 0. The molecule has 0 aromatic heterocycles. The van der Waals surface area contributed by atoms with E-state index in [1.807, 2.05) is 19.0 Å². The molecule has 4 nitrogen and oxygen atoms in total. The molecule has 1 aliphatic heterocycles. The van der Waals surface area contributed by atoms with Crippen LogP contribution in [0.25, 0.3) is 0 Å². The van der Waals surface area contributed by atoms with Crippen LogP contribution in [0.5, 0.6) is 0 Å².